The highest BCUT2D eigenvalue weighted by Gasteiger charge is 2.28. The minimum absolute atomic E-state index is 0.0158. The van der Waals surface area contributed by atoms with Gasteiger partial charge < -0.3 is 29.6 Å². The molecule has 1 aromatic rings. The van der Waals surface area contributed by atoms with Crippen molar-refractivity contribution < 1.29 is 14.3 Å². The van der Waals surface area contributed by atoms with Gasteiger partial charge in [0.25, 0.3) is 0 Å². The number of carbonyl (C=O) groups excluding carboxylic acids is 1. The molecule has 5 rings (SSSR count). The summed E-state index contributed by atoms with van der Waals surface area (Å²) in [6.07, 6.45) is 13.5. The summed E-state index contributed by atoms with van der Waals surface area (Å²) in [6, 6.07) is 0. The molecule has 2 bridgehead atoms. The predicted molar refractivity (Wildman–Crippen MR) is 132 cm³/mol. The van der Waals surface area contributed by atoms with E-state index in [0.717, 1.165) is 60.8 Å². The van der Waals surface area contributed by atoms with Crippen LogP contribution in [0.15, 0.2) is 39.8 Å². The van der Waals surface area contributed by atoms with E-state index in [9.17, 15) is 4.79 Å². The summed E-state index contributed by atoms with van der Waals surface area (Å²) < 4.78 is 12.5. The molecule has 1 aromatic heterocycles. The first-order valence-corrected chi connectivity index (χ1v) is 12.3. The smallest absolute Gasteiger partial charge is 0.248 e. The van der Waals surface area contributed by atoms with E-state index in [1.807, 2.05) is 25.4 Å². The number of hydrogen-bond acceptors (Lipinski definition) is 7. The monoisotopic (exact) mass is 466 g/mol. The fraction of sp³-hybridized carbons (Fsp3) is 0.560. The zero-order valence-corrected chi connectivity index (χ0v) is 20.0. The number of ether oxygens (including phenoxy) is 2. The summed E-state index contributed by atoms with van der Waals surface area (Å²) in [5.41, 5.74) is 3.00. The van der Waals surface area contributed by atoms with Crippen molar-refractivity contribution in [1.82, 2.24) is 14.8 Å². The Morgan fingerprint density at radius 3 is 2.85 bits per heavy atom. The van der Waals surface area contributed by atoms with E-state index in [1.165, 1.54) is 12.8 Å². The van der Waals surface area contributed by atoms with Gasteiger partial charge in [-0.1, -0.05) is 0 Å². The van der Waals surface area contributed by atoms with Gasteiger partial charge in [-0.15, -0.1) is 0 Å². The van der Waals surface area contributed by atoms with E-state index in [4.69, 9.17) is 14.5 Å². The minimum atomic E-state index is -0.336. The van der Waals surface area contributed by atoms with Gasteiger partial charge >= 0.3 is 0 Å². The van der Waals surface area contributed by atoms with E-state index in [2.05, 4.69) is 27.2 Å². The lowest BCUT2D eigenvalue weighted by atomic mass is 10.1. The number of amides is 1. The van der Waals surface area contributed by atoms with E-state index in [0.29, 0.717) is 18.8 Å². The van der Waals surface area contributed by atoms with Crippen LogP contribution in [0, 0.1) is 0 Å². The number of anilines is 1. The molecule has 0 aromatic carbocycles. The summed E-state index contributed by atoms with van der Waals surface area (Å²) >= 11 is 0. The maximum atomic E-state index is 12.7. The van der Waals surface area contributed by atoms with Gasteiger partial charge in [0.1, 0.15) is 24.3 Å². The van der Waals surface area contributed by atoms with Gasteiger partial charge in [0.05, 0.1) is 18.0 Å². The first kappa shape index (κ1) is 22.9. The lowest BCUT2D eigenvalue weighted by molar-refractivity contribution is -0.137. The molecule has 0 saturated heterocycles. The molecule has 2 aliphatic heterocycles. The zero-order valence-electron chi connectivity index (χ0n) is 20.0. The number of hydrogen-bond donors (Lipinski definition) is 2. The summed E-state index contributed by atoms with van der Waals surface area (Å²) in [4.78, 5) is 29.5. The van der Waals surface area contributed by atoms with Crippen molar-refractivity contribution in [2.75, 3.05) is 39.1 Å². The number of nitrogens with one attached hydrogen (secondary N) is 2. The predicted octanol–water partition coefficient (Wildman–Crippen LogP) is 3.02. The van der Waals surface area contributed by atoms with Crippen LogP contribution in [0.1, 0.15) is 49.7 Å². The number of likely N-dealkylation sites (N-methyl/N-ethyl adjacent to an activating group) is 1. The number of amidine groups is 1. The topological polar surface area (TPSA) is 94.6 Å². The van der Waals surface area contributed by atoms with Crippen LogP contribution in [0.3, 0.4) is 0 Å². The quantitative estimate of drug-likeness (QED) is 0.699. The molecule has 1 saturated carbocycles. The van der Waals surface area contributed by atoms with Crippen molar-refractivity contribution in [3.63, 3.8) is 0 Å². The van der Waals surface area contributed by atoms with Crippen molar-refractivity contribution in [2.24, 2.45) is 9.98 Å². The normalized spacial score (nSPS) is 26.3. The number of nitrogens with zero attached hydrogens (tertiary/aromatic N) is 4. The van der Waals surface area contributed by atoms with Gasteiger partial charge in [0, 0.05) is 38.5 Å². The summed E-state index contributed by atoms with van der Waals surface area (Å²) in [5, 5.41) is 3.20. The Labute approximate surface area is 200 Å². The summed E-state index contributed by atoms with van der Waals surface area (Å²) in [7, 11) is 3.93. The van der Waals surface area contributed by atoms with Gasteiger partial charge in [-0.3, -0.25) is 4.79 Å². The molecule has 1 unspecified atom stereocenters. The molecule has 2 N–H and O–H groups in total. The maximum Gasteiger partial charge on any atom is 0.248 e. The third-order valence-electron chi connectivity index (χ3n) is 6.89. The SMILES string of the molecule is CN1CCCN(C)C(=O)COC2CC(=CC=C2OC2CCCC2)/N=C2\N=CNc3[nH]cc(c32)C1. The molecule has 2 aliphatic carbocycles. The highest BCUT2D eigenvalue weighted by atomic mass is 16.5. The molecule has 34 heavy (non-hydrogen) atoms. The Morgan fingerprint density at radius 1 is 1.15 bits per heavy atom. The van der Waals surface area contributed by atoms with Gasteiger partial charge in [-0.25, -0.2) is 9.98 Å². The largest absolute Gasteiger partial charge is 0.492 e. The molecular weight excluding hydrogens is 432 g/mol. The third-order valence-corrected chi connectivity index (χ3v) is 6.89. The first-order valence-electron chi connectivity index (χ1n) is 12.3. The van der Waals surface area contributed by atoms with E-state index >= 15 is 0 Å². The highest BCUT2D eigenvalue weighted by molar-refractivity contribution is 6.13. The second-order valence-electron chi connectivity index (χ2n) is 9.56. The van der Waals surface area contributed by atoms with Crippen molar-refractivity contribution in [1.29, 1.82) is 0 Å². The zero-order chi connectivity index (χ0) is 23.5. The maximum absolute atomic E-state index is 12.7. The standard InChI is InChI=1S/C25H34N6O3/c1-30-10-5-11-31(2)22(32)15-33-21-12-18(8-9-20(21)34-19-6-3-4-7-19)29-25-23-17(14-30)13-26-24(23)27-16-28-25/h8-9,13,16,19,21H,3-7,10-12,14-15H2,1-2H3,(H2,26,27,28,29). The molecule has 9 nitrogen and oxygen atoms in total. The van der Waals surface area contributed by atoms with Crippen LogP contribution in [0.4, 0.5) is 5.82 Å². The van der Waals surface area contributed by atoms with Gasteiger partial charge in [-0.05, 0) is 63.4 Å². The lowest BCUT2D eigenvalue weighted by Crippen LogP contribution is -2.35. The second-order valence-corrected chi connectivity index (χ2v) is 9.56. The molecule has 1 amide bonds. The molecule has 1 fully saturated rings. The van der Waals surface area contributed by atoms with Crippen LogP contribution >= 0.6 is 0 Å². The van der Waals surface area contributed by atoms with Gasteiger partial charge in [-0.2, -0.15) is 0 Å². The first-order chi connectivity index (χ1) is 16.6. The van der Waals surface area contributed by atoms with Crippen LogP contribution in [-0.4, -0.2) is 78.9 Å². The van der Waals surface area contributed by atoms with E-state index in [-0.39, 0.29) is 24.7 Å². The fourth-order valence-electron chi connectivity index (χ4n) is 4.94. The van der Waals surface area contributed by atoms with Crippen LogP contribution in [0.2, 0.25) is 0 Å². The number of carbonyl (C=O) groups is 1. The van der Waals surface area contributed by atoms with Crippen LogP contribution in [0.5, 0.6) is 0 Å². The summed E-state index contributed by atoms with van der Waals surface area (Å²) in [6.45, 7) is 2.36. The van der Waals surface area contributed by atoms with Crippen LogP contribution in [-0.2, 0) is 20.8 Å². The molecular formula is C25H34N6O3. The Balaban J connectivity index is 1.47. The number of aromatic amines is 1. The Morgan fingerprint density at radius 2 is 2.00 bits per heavy atom. The van der Waals surface area contributed by atoms with Crippen LogP contribution in [0.25, 0.3) is 0 Å². The van der Waals surface area contributed by atoms with Crippen molar-refractivity contribution in [3.05, 3.63) is 40.9 Å². The van der Waals surface area contributed by atoms with Crippen molar-refractivity contribution in [2.45, 2.75) is 57.3 Å². The molecule has 0 radical (unpaired) electrons. The number of rotatable bonds is 2. The fourth-order valence-corrected chi connectivity index (χ4v) is 4.94. The average Bonchev–Trinajstić information content (AvgIpc) is 3.49. The Kier molecular flexibility index (Phi) is 6.82. The van der Waals surface area contributed by atoms with E-state index < -0.39 is 0 Å². The molecule has 4 aliphatic rings. The van der Waals surface area contributed by atoms with E-state index in [1.54, 1.807) is 11.2 Å². The number of aliphatic imine (C=N–C) groups is 2. The van der Waals surface area contributed by atoms with Crippen molar-refractivity contribution >= 4 is 23.9 Å². The number of allylic oxidation sites excluding steroid dienone is 2. The molecule has 3 heterocycles. The second kappa shape index (κ2) is 10.1. The number of H-pyrrole nitrogens is 1. The Bertz CT molecular complexity index is 1030. The molecule has 182 valence electrons. The molecule has 1 atom stereocenters. The highest BCUT2D eigenvalue weighted by Crippen LogP contribution is 2.31. The van der Waals surface area contributed by atoms with Crippen LogP contribution < -0.4 is 5.32 Å². The average molecular weight is 467 g/mol. The van der Waals surface area contributed by atoms with Crippen molar-refractivity contribution in [3.8, 4) is 0 Å². The van der Waals surface area contributed by atoms with Gasteiger partial charge in [0.2, 0.25) is 5.91 Å². The third kappa shape index (κ3) is 5.10. The minimum Gasteiger partial charge on any atom is -0.492 e. The number of aromatic nitrogens is 1. The summed E-state index contributed by atoms with van der Waals surface area (Å²) in [5.74, 6) is 2.37. The molecule has 0 spiro atoms. The number of fused-ring (bicyclic) bond motifs is 2. The lowest BCUT2D eigenvalue weighted by Gasteiger charge is -2.28. The Hall–Kier alpha value is -2.91. The van der Waals surface area contributed by atoms with Gasteiger partial charge in [0.15, 0.2) is 5.84 Å². The molecule has 9 heteroatoms.